The minimum absolute atomic E-state index is 0. The van der Waals surface area contributed by atoms with Crippen LogP contribution >= 0.6 is 23.7 Å². The monoisotopic (exact) mass is 390 g/mol. The zero-order valence-corrected chi connectivity index (χ0v) is 15.7. The van der Waals surface area contributed by atoms with Crippen molar-refractivity contribution in [2.24, 2.45) is 0 Å². The predicted molar refractivity (Wildman–Crippen MR) is 95.7 cm³/mol. The van der Waals surface area contributed by atoms with Crippen molar-refractivity contribution in [1.29, 1.82) is 0 Å². The Morgan fingerprint density at radius 2 is 2.00 bits per heavy atom. The fourth-order valence-corrected chi connectivity index (χ4v) is 4.47. The van der Waals surface area contributed by atoms with Crippen molar-refractivity contribution in [1.82, 2.24) is 9.62 Å². The summed E-state index contributed by atoms with van der Waals surface area (Å²) in [6.07, 6.45) is 0. The lowest BCUT2D eigenvalue weighted by atomic mass is 10.1. The van der Waals surface area contributed by atoms with E-state index in [9.17, 15) is 8.42 Å². The second-order valence-corrected chi connectivity index (χ2v) is 8.32. The molecule has 1 unspecified atom stereocenters. The topological polar surface area (TPSA) is 67.9 Å². The maximum Gasteiger partial charge on any atom is 0.250 e. The normalized spacial score (nSPS) is 14.5. The Bertz CT molecular complexity index is 779. The van der Waals surface area contributed by atoms with Gasteiger partial charge >= 0.3 is 0 Å². The number of sulfonamides is 1. The number of fused-ring (bicyclic) bond motifs is 1. The van der Waals surface area contributed by atoms with E-state index in [0.717, 1.165) is 5.56 Å². The molecule has 2 heterocycles. The van der Waals surface area contributed by atoms with Crippen molar-refractivity contribution in [3.63, 3.8) is 0 Å². The molecule has 2 aromatic rings. The highest BCUT2D eigenvalue weighted by Crippen LogP contribution is 2.35. The number of ether oxygens (including phenoxy) is 2. The number of thiophene rings is 1. The van der Waals surface area contributed by atoms with E-state index in [0.29, 0.717) is 15.7 Å². The number of nitrogens with zero attached hydrogens (tertiary/aromatic N) is 1. The highest BCUT2D eigenvalue weighted by Gasteiger charge is 2.22. The number of rotatable bonds is 6. The smallest absolute Gasteiger partial charge is 0.250 e. The van der Waals surface area contributed by atoms with E-state index in [1.165, 1.54) is 11.3 Å². The van der Waals surface area contributed by atoms with E-state index in [4.69, 9.17) is 9.47 Å². The molecule has 0 spiro atoms. The van der Waals surface area contributed by atoms with Gasteiger partial charge in [-0.25, -0.2) is 13.1 Å². The molecule has 6 nitrogen and oxygen atoms in total. The molecule has 1 atom stereocenters. The Labute approximate surface area is 151 Å². The summed E-state index contributed by atoms with van der Waals surface area (Å²) in [4.78, 5) is 1.97. The van der Waals surface area contributed by atoms with Gasteiger partial charge in [0.05, 0.1) is 0 Å². The van der Waals surface area contributed by atoms with Gasteiger partial charge in [0.15, 0.2) is 11.5 Å². The fourth-order valence-electron chi connectivity index (χ4n) is 2.40. The predicted octanol–water partition coefficient (Wildman–Crippen LogP) is 2.48. The van der Waals surface area contributed by atoms with Crippen molar-refractivity contribution in [2.75, 3.05) is 27.4 Å². The summed E-state index contributed by atoms with van der Waals surface area (Å²) in [7, 11) is 0.344. The molecular weight excluding hydrogens is 372 g/mol. The third-order valence-electron chi connectivity index (χ3n) is 3.63. The Balaban J connectivity index is 0.00000208. The Kier molecular flexibility index (Phi) is 6.11. The molecule has 0 aliphatic carbocycles. The van der Waals surface area contributed by atoms with Crippen LogP contribution in [-0.2, 0) is 10.0 Å². The highest BCUT2D eigenvalue weighted by molar-refractivity contribution is 7.91. The summed E-state index contributed by atoms with van der Waals surface area (Å²) >= 11 is 1.20. The molecule has 1 aliphatic heterocycles. The molecule has 0 bridgehead atoms. The van der Waals surface area contributed by atoms with Gasteiger partial charge in [-0.3, -0.25) is 0 Å². The largest absolute Gasteiger partial charge is 0.454 e. The van der Waals surface area contributed by atoms with Gasteiger partial charge in [-0.2, -0.15) is 0 Å². The zero-order chi connectivity index (χ0) is 16.4. The molecule has 24 heavy (non-hydrogen) atoms. The van der Waals surface area contributed by atoms with Crippen LogP contribution in [0, 0.1) is 0 Å². The minimum atomic E-state index is -3.48. The molecule has 0 saturated carbocycles. The Hall–Kier alpha value is -1.32. The fraction of sp³-hybridized carbons (Fsp3) is 0.333. The van der Waals surface area contributed by atoms with Gasteiger partial charge in [0.1, 0.15) is 4.21 Å². The van der Waals surface area contributed by atoms with E-state index in [1.807, 2.05) is 37.2 Å². The van der Waals surface area contributed by atoms with E-state index in [2.05, 4.69) is 4.72 Å². The van der Waals surface area contributed by atoms with Crippen LogP contribution in [0.3, 0.4) is 0 Å². The lowest BCUT2D eigenvalue weighted by molar-refractivity contribution is 0.174. The first-order valence-electron chi connectivity index (χ1n) is 7.06. The lowest BCUT2D eigenvalue weighted by Crippen LogP contribution is -2.34. The van der Waals surface area contributed by atoms with Crippen LogP contribution < -0.4 is 14.2 Å². The van der Waals surface area contributed by atoms with Gasteiger partial charge in [-0.05, 0) is 43.2 Å². The summed E-state index contributed by atoms with van der Waals surface area (Å²) in [6, 6.07) is 8.88. The third kappa shape index (κ3) is 4.01. The third-order valence-corrected chi connectivity index (χ3v) is 6.45. The average Bonchev–Trinajstić information content (AvgIpc) is 3.18. The molecular formula is C15H19ClN2O4S2. The standard InChI is InChI=1S/C15H18N2O4S2.ClH/c1-17(2)12(9-16-23(18,19)15-4-3-7-22-15)11-5-6-13-14(8-11)21-10-20-13;/h3-8,12,16H,9-10H2,1-2H3;1H. The number of halogens is 1. The van der Waals surface area contributed by atoms with Gasteiger partial charge in [0, 0.05) is 12.6 Å². The average molecular weight is 391 g/mol. The highest BCUT2D eigenvalue weighted by atomic mass is 35.5. The van der Waals surface area contributed by atoms with Gasteiger partial charge in [-0.1, -0.05) is 12.1 Å². The van der Waals surface area contributed by atoms with Crippen LogP contribution in [0.4, 0.5) is 0 Å². The second kappa shape index (κ2) is 7.71. The summed E-state index contributed by atoms with van der Waals surface area (Å²) in [6.45, 7) is 0.489. The van der Waals surface area contributed by atoms with Crippen LogP contribution in [0.5, 0.6) is 11.5 Å². The van der Waals surface area contributed by atoms with Crippen molar-refractivity contribution >= 4 is 33.8 Å². The van der Waals surface area contributed by atoms with Gasteiger partial charge in [0.2, 0.25) is 16.8 Å². The molecule has 0 amide bonds. The molecule has 0 radical (unpaired) electrons. The quantitative estimate of drug-likeness (QED) is 0.820. The van der Waals surface area contributed by atoms with Crippen molar-refractivity contribution < 1.29 is 17.9 Å². The maximum absolute atomic E-state index is 12.3. The first kappa shape index (κ1) is 19.0. The van der Waals surface area contributed by atoms with E-state index in [1.54, 1.807) is 17.5 Å². The van der Waals surface area contributed by atoms with E-state index in [-0.39, 0.29) is 31.8 Å². The molecule has 1 N–H and O–H groups in total. The van der Waals surface area contributed by atoms with Crippen LogP contribution in [0.2, 0.25) is 0 Å². The van der Waals surface area contributed by atoms with Crippen LogP contribution in [-0.4, -0.2) is 40.8 Å². The molecule has 0 saturated heterocycles. The Morgan fingerprint density at radius 3 is 2.67 bits per heavy atom. The van der Waals surface area contributed by atoms with Crippen LogP contribution in [0.15, 0.2) is 39.9 Å². The molecule has 132 valence electrons. The second-order valence-electron chi connectivity index (χ2n) is 5.38. The van der Waals surface area contributed by atoms with Gasteiger partial charge in [-0.15, -0.1) is 23.7 Å². The first-order valence-corrected chi connectivity index (χ1v) is 9.43. The van der Waals surface area contributed by atoms with Gasteiger partial charge in [0.25, 0.3) is 0 Å². The number of benzene rings is 1. The zero-order valence-electron chi connectivity index (χ0n) is 13.3. The molecule has 1 aromatic carbocycles. The summed E-state index contributed by atoms with van der Waals surface area (Å²) in [5.74, 6) is 1.40. The van der Waals surface area contributed by atoms with Crippen LogP contribution in [0.25, 0.3) is 0 Å². The van der Waals surface area contributed by atoms with Crippen LogP contribution in [0.1, 0.15) is 11.6 Å². The molecule has 1 aliphatic rings. The number of hydrogen-bond donors (Lipinski definition) is 1. The molecule has 0 fully saturated rings. The van der Waals surface area contributed by atoms with Crippen molar-refractivity contribution in [2.45, 2.75) is 10.3 Å². The summed E-state index contributed by atoms with van der Waals surface area (Å²) in [5, 5.41) is 1.75. The number of nitrogens with one attached hydrogen (secondary N) is 1. The molecule has 3 rings (SSSR count). The summed E-state index contributed by atoms with van der Waals surface area (Å²) in [5.41, 5.74) is 0.966. The number of hydrogen-bond acceptors (Lipinski definition) is 6. The first-order chi connectivity index (χ1) is 11.0. The Morgan fingerprint density at radius 1 is 1.25 bits per heavy atom. The SMILES string of the molecule is CN(C)C(CNS(=O)(=O)c1cccs1)c1ccc2c(c1)OCO2.Cl. The maximum atomic E-state index is 12.3. The van der Waals surface area contributed by atoms with E-state index >= 15 is 0 Å². The molecule has 9 heteroatoms. The molecule has 1 aromatic heterocycles. The minimum Gasteiger partial charge on any atom is -0.454 e. The number of likely N-dealkylation sites (N-methyl/N-ethyl adjacent to an activating group) is 1. The summed E-state index contributed by atoms with van der Waals surface area (Å²) < 4.78 is 38.3. The van der Waals surface area contributed by atoms with Gasteiger partial charge < -0.3 is 14.4 Å². The lowest BCUT2D eigenvalue weighted by Gasteiger charge is -2.25. The van der Waals surface area contributed by atoms with E-state index < -0.39 is 10.0 Å². The van der Waals surface area contributed by atoms with Crippen molar-refractivity contribution in [3.05, 3.63) is 41.3 Å². The van der Waals surface area contributed by atoms with Crippen molar-refractivity contribution in [3.8, 4) is 11.5 Å².